The van der Waals surface area contributed by atoms with E-state index < -0.39 is 6.10 Å². The van der Waals surface area contributed by atoms with Gasteiger partial charge in [0.05, 0.1) is 5.69 Å². The van der Waals surface area contributed by atoms with Crippen LogP contribution in [0.2, 0.25) is 0 Å². The second kappa shape index (κ2) is 7.67. The van der Waals surface area contributed by atoms with Gasteiger partial charge in [0.15, 0.2) is 0 Å². The molecule has 1 aromatic heterocycles. The van der Waals surface area contributed by atoms with E-state index in [1.54, 1.807) is 6.07 Å². The predicted octanol–water partition coefficient (Wildman–Crippen LogP) is 1.77. The minimum absolute atomic E-state index is 0.263. The predicted molar refractivity (Wildman–Crippen MR) is 75.5 cm³/mol. The van der Waals surface area contributed by atoms with E-state index >= 15 is 0 Å². The van der Waals surface area contributed by atoms with Gasteiger partial charge in [0.2, 0.25) is 0 Å². The van der Waals surface area contributed by atoms with Crippen molar-refractivity contribution in [3.05, 3.63) is 47.9 Å². The van der Waals surface area contributed by atoms with Crippen molar-refractivity contribution in [1.29, 1.82) is 0 Å². The van der Waals surface area contributed by atoms with Gasteiger partial charge in [-0.3, -0.25) is 0 Å². The summed E-state index contributed by atoms with van der Waals surface area (Å²) in [6.07, 6.45) is 1.93. The average molecular weight is 276 g/mol. The molecule has 2 aromatic rings. The van der Waals surface area contributed by atoms with Crippen molar-refractivity contribution < 1.29 is 14.4 Å². The smallest absolute Gasteiger partial charge is 0.124 e. The molecule has 0 aliphatic heterocycles. The highest BCUT2D eigenvalue weighted by atomic mass is 16.5. The third-order valence-electron chi connectivity index (χ3n) is 2.93. The third kappa shape index (κ3) is 4.68. The van der Waals surface area contributed by atoms with Gasteiger partial charge < -0.3 is 19.7 Å². The van der Waals surface area contributed by atoms with Crippen LogP contribution in [0.5, 0.6) is 5.75 Å². The SMILES string of the molecule is CCc1cccc(OCC(O)CNCc2ccon2)c1. The molecule has 5 nitrogen and oxygen atoms in total. The quantitative estimate of drug-likeness (QED) is 0.769. The Bertz CT molecular complexity index is 500. The minimum atomic E-state index is -0.563. The van der Waals surface area contributed by atoms with Crippen molar-refractivity contribution in [2.75, 3.05) is 13.2 Å². The van der Waals surface area contributed by atoms with Crippen molar-refractivity contribution in [2.24, 2.45) is 0 Å². The molecule has 0 saturated heterocycles. The van der Waals surface area contributed by atoms with Gasteiger partial charge in [-0.25, -0.2) is 0 Å². The van der Waals surface area contributed by atoms with Gasteiger partial charge in [-0.05, 0) is 24.1 Å². The fourth-order valence-electron chi connectivity index (χ4n) is 1.80. The zero-order chi connectivity index (χ0) is 14.2. The largest absolute Gasteiger partial charge is 0.491 e. The van der Waals surface area contributed by atoms with E-state index in [9.17, 15) is 5.11 Å². The lowest BCUT2D eigenvalue weighted by atomic mass is 10.2. The zero-order valence-electron chi connectivity index (χ0n) is 11.6. The number of rotatable bonds is 8. The molecule has 0 amide bonds. The lowest BCUT2D eigenvalue weighted by molar-refractivity contribution is 0.106. The molecule has 1 unspecified atom stereocenters. The Labute approximate surface area is 118 Å². The van der Waals surface area contributed by atoms with Gasteiger partial charge in [-0.1, -0.05) is 24.2 Å². The monoisotopic (exact) mass is 276 g/mol. The molecule has 2 rings (SSSR count). The van der Waals surface area contributed by atoms with Crippen molar-refractivity contribution in [3.8, 4) is 5.75 Å². The molecule has 0 bridgehead atoms. The number of aliphatic hydroxyl groups is 1. The average Bonchev–Trinajstić information content (AvgIpc) is 2.98. The van der Waals surface area contributed by atoms with Crippen LogP contribution in [0.1, 0.15) is 18.2 Å². The van der Waals surface area contributed by atoms with Gasteiger partial charge in [-0.2, -0.15) is 0 Å². The van der Waals surface area contributed by atoms with Crippen LogP contribution in [0.15, 0.2) is 41.1 Å². The number of nitrogens with one attached hydrogen (secondary N) is 1. The molecule has 5 heteroatoms. The zero-order valence-corrected chi connectivity index (χ0v) is 11.6. The normalized spacial score (nSPS) is 12.3. The summed E-state index contributed by atoms with van der Waals surface area (Å²) in [5, 5.41) is 16.7. The fourth-order valence-corrected chi connectivity index (χ4v) is 1.80. The molecule has 0 aliphatic rings. The third-order valence-corrected chi connectivity index (χ3v) is 2.93. The number of aryl methyl sites for hydroxylation is 1. The highest BCUT2D eigenvalue weighted by molar-refractivity contribution is 5.28. The number of hydrogen-bond donors (Lipinski definition) is 2. The number of aromatic nitrogens is 1. The summed E-state index contributed by atoms with van der Waals surface area (Å²) >= 11 is 0. The molecule has 2 N–H and O–H groups in total. The van der Waals surface area contributed by atoms with Gasteiger partial charge >= 0.3 is 0 Å². The maximum Gasteiger partial charge on any atom is 0.124 e. The van der Waals surface area contributed by atoms with E-state index in [2.05, 4.69) is 23.5 Å². The highest BCUT2D eigenvalue weighted by Crippen LogP contribution is 2.13. The van der Waals surface area contributed by atoms with Crippen molar-refractivity contribution in [2.45, 2.75) is 26.0 Å². The summed E-state index contributed by atoms with van der Waals surface area (Å²) in [4.78, 5) is 0. The Morgan fingerprint density at radius 2 is 2.30 bits per heavy atom. The molecule has 1 aromatic carbocycles. The molecule has 1 heterocycles. The van der Waals surface area contributed by atoms with Crippen LogP contribution >= 0.6 is 0 Å². The highest BCUT2D eigenvalue weighted by Gasteiger charge is 2.06. The molecule has 0 aliphatic carbocycles. The number of ether oxygens (including phenoxy) is 1. The molecule has 0 fully saturated rings. The maximum atomic E-state index is 9.83. The van der Waals surface area contributed by atoms with E-state index in [4.69, 9.17) is 9.26 Å². The van der Waals surface area contributed by atoms with E-state index in [1.165, 1.54) is 11.8 Å². The number of hydrogen-bond acceptors (Lipinski definition) is 5. The van der Waals surface area contributed by atoms with Crippen molar-refractivity contribution in [3.63, 3.8) is 0 Å². The van der Waals surface area contributed by atoms with Crippen LogP contribution in [0.3, 0.4) is 0 Å². The second-order valence-corrected chi connectivity index (χ2v) is 4.59. The van der Waals surface area contributed by atoms with E-state index in [1.807, 2.05) is 18.2 Å². The van der Waals surface area contributed by atoms with Crippen LogP contribution in [-0.4, -0.2) is 29.5 Å². The van der Waals surface area contributed by atoms with Gasteiger partial charge in [0, 0.05) is 19.2 Å². The maximum absolute atomic E-state index is 9.83. The topological polar surface area (TPSA) is 67.5 Å². The number of benzene rings is 1. The van der Waals surface area contributed by atoms with Crippen LogP contribution in [0.25, 0.3) is 0 Å². The molecular weight excluding hydrogens is 256 g/mol. The summed E-state index contributed by atoms with van der Waals surface area (Å²) in [5.74, 6) is 0.792. The molecule has 0 saturated carbocycles. The van der Waals surface area contributed by atoms with Crippen LogP contribution in [0, 0.1) is 0 Å². The van der Waals surface area contributed by atoms with Crippen LogP contribution < -0.4 is 10.1 Å². The Morgan fingerprint density at radius 3 is 3.05 bits per heavy atom. The molecule has 1 atom stereocenters. The van der Waals surface area contributed by atoms with Crippen LogP contribution in [0.4, 0.5) is 0 Å². The Balaban J connectivity index is 1.67. The summed E-state index contributed by atoms with van der Waals surface area (Å²) in [6.45, 7) is 3.37. The van der Waals surface area contributed by atoms with Gasteiger partial charge in [0.25, 0.3) is 0 Å². The molecular formula is C15H20N2O3. The molecule has 108 valence electrons. The summed E-state index contributed by atoms with van der Waals surface area (Å²) in [6, 6.07) is 9.70. The summed E-state index contributed by atoms with van der Waals surface area (Å²) in [7, 11) is 0. The summed E-state index contributed by atoms with van der Waals surface area (Å²) < 4.78 is 10.3. The van der Waals surface area contributed by atoms with E-state index in [0.717, 1.165) is 17.9 Å². The first kappa shape index (κ1) is 14.6. The second-order valence-electron chi connectivity index (χ2n) is 4.59. The Hall–Kier alpha value is -1.85. The molecule has 0 radical (unpaired) electrons. The first-order chi connectivity index (χ1) is 9.78. The standard InChI is InChI=1S/C15H20N2O3/c1-2-12-4-3-5-15(8-12)19-11-14(18)10-16-9-13-6-7-20-17-13/h3-8,14,16,18H,2,9-11H2,1H3. The van der Waals surface area contributed by atoms with Crippen LogP contribution in [-0.2, 0) is 13.0 Å². The van der Waals surface area contributed by atoms with E-state index in [0.29, 0.717) is 13.1 Å². The number of nitrogens with zero attached hydrogens (tertiary/aromatic N) is 1. The Kier molecular flexibility index (Phi) is 5.58. The van der Waals surface area contributed by atoms with Crippen molar-refractivity contribution in [1.82, 2.24) is 10.5 Å². The van der Waals surface area contributed by atoms with E-state index in [-0.39, 0.29) is 6.61 Å². The lowest BCUT2D eigenvalue weighted by Gasteiger charge is -2.13. The first-order valence-corrected chi connectivity index (χ1v) is 6.77. The lowest BCUT2D eigenvalue weighted by Crippen LogP contribution is -2.31. The molecule has 0 spiro atoms. The van der Waals surface area contributed by atoms with Crippen molar-refractivity contribution >= 4 is 0 Å². The first-order valence-electron chi connectivity index (χ1n) is 6.77. The van der Waals surface area contributed by atoms with Gasteiger partial charge in [-0.15, -0.1) is 0 Å². The fraction of sp³-hybridized carbons (Fsp3) is 0.400. The number of aliphatic hydroxyl groups excluding tert-OH is 1. The summed E-state index contributed by atoms with van der Waals surface area (Å²) in [5.41, 5.74) is 2.04. The Morgan fingerprint density at radius 1 is 1.40 bits per heavy atom. The van der Waals surface area contributed by atoms with Gasteiger partial charge in [0.1, 0.15) is 24.7 Å². The minimum Gasteiger partial charge on any atom is -0.491 e. The molecule has 20 heavy (non-hydrogen) atoms.